The maximum atomic E-state index is 13.2. The number of carbonyl (C=O) groups excluding carboxylic acids is 1. The zero-order chi connectivity index (χ0) is 29.9. The van der Waals surface area contributed by atoms with E-state index in [1.54, 1.807) is 13.2 Å². The summed E-state index contributed by atoms with van der Waals surface area (Å²) in [5, 5.41) is 16.4. The third-order valence-electron chi connectivity index (χ3n) is 10.0. The van der Waals surface area contributed by atoms with Gasteiger partial charge in [0, 0.05) is 57.9 Å². The number of nitrogens with one attached hydrogen (secondary N) is 3. The molecule has 0 aliphatic carbocycles. The van der Waals surface area contributed by atoms with E-state index >= 15 is 0 Å². The lowest BCUT2D eigenvalue weighted by atomic mass is 9.75. The zero-order valence-corrected chi connectivity index (χ0v) is 24.7. The number of likely N-dealkylation sites (N-methyl/N-ethyl adjacent to an activating group) is 1. The minimum atomic E-state index is -0.334. The summed E-state index contributed by atoms with van der Waals surface area (Å²) < 4.78 is 5.24. The summed E-state index contributed by atoms with van der Waals surface area (Å²) in [6.07, 6.45) is 5.00. The number of carbonyl (C=O) groups is 1. The van der Waals surface area contributed by atoms with E-state index in [1.807, 2.05) is 36.4 Å². The van der Waals surface area contributed by atoms with Gasteiger partial charge in [0.15, 0.2) is 0 Å². The molecule has 8 rings (SSSR count). The van der Waals surface area contributed by atoms with Gasteiger partial charge in [-0.3, -0.25) is 14.6 Å². The van der Waals surface area contributed by atoms with Gasteiger partial charge in [0.2, 0.25) is 5.91 Å². The molecule has 2 aromatic heterocycles. The normalized spacial score (nSPS) is 24.5. The van der Waals surface area contributed by atoms with Crippen molar-refractivity contribution in [1.29, 1.82) is 5.26 Å². The minimum Gasteiger partial charge on any atom is -0.497 e. The molecule has 1 amide bonds. The number of hydrogen-bond donors (Lipinski definition) is 3. The molecule has 1 saturated heterocycles. The molecule has 5 atom stereocenters. The number of piperazine rings is 1. The molecule has 2 bridgehead atoms. The van der Waals surface area contributed by atoms with Crippen LogP contribution < -0.4 is 10.1 Å². The van der Waals surface area contributed by atoms with Crippen LogP contribution in [0.1, 0.15) is 40.2 Å². The molecule has 0 radical (unpaired) electrons. The first-order chi connectivity index (χ1) is 21.6. The molecule has 0 spiro atoms. The Kier molecular flexibility index (Phi) is 6.33. The lowest BCUT2D eigenvalue weighted by molar-refractivity contribution is -0.117. The Labute approximate surface area is 255 Å². The molecule has 5 heterocycles. The molecule has 3 N–H and O–H groups in total. The molecule has 44 heavy (non-hydrogen) atoms. The summed E-state index contributed by atoms with van der Waals surface area (Å²) in [5.41, 5.74) is 8.13. The highest BCUT2D eigenvalue weighted by molar-refractivity contribution is 5.92. The lowest BCUT2D eigenvalue weighted by Crippen LogP contribution is -2.68. The van der Waals surface area contributed by atoms with Crippen LogP contribution in [0.4, 0.5) is 0 Å². The largest absolute Gasteiger partial charge is 0.497 e. The summed E-state index contributed by atoms with van der Waals surface area (Å²) in [7, 11) is 3.81. The summed E-state index contributed by atoms with van der Waals surface area (Å²) in [6, 6.07) is 26.9. The van der Waals surface area contributed by atoms with Crippen molar-refractivity contribution >= 4 is 33.8 Å². The van der Waals surface area contributed by atoms with Crippen LogP contribution in [0.25, 0.3) is 27.9 Å². The molecule has 0 saturated carbocycles. The number of nitriles is 1. The Bertz CT molecular complexity index is 1960. The fourth-order valence-electron chi connectivity index (χ4n) is 8.05. The van der Waals surface area contributed by atoms with Gasteiger partial charge in [0.25, 0.3) is 0 Å². The van der Waals surface area contributed by atoms with Crippen molar-refractivity contribution in [2.45, 2.75) is 43.1 Å². The highest BCUT2D eigenvalue weighted by atomic mass is 16.5. The first-order valence-corrected chi connectivity index (χ1v) is 15.2. The third kappa shape index (κ3) is 4.08. The number of hydrogen-bond acceptors (Lipinski definition) is 5. The standard InChI is InChI=1S/C36H34N6O2/c1-41-29-17-26-24-8-4-6-10-28(24)40-35(26)36(41)30-18-25-23-7-3-5-9-27(23)39-34(25)32(42(30)31(29)19-37)20-38-33(43)16-13-21-11-14-22(44-2)15-12-21/h3-16,29-32,36,39-40H,17-18,20H2,1-2H3,(H,38,43)/b16-13+/t29-,30-,31-,32-,36-/m0/s1. The second kappa shape index (κ2) is 10.4. The quantitative estimate of drug-likeness (QED) is 0.246. The van der Waals surface area contributed by atoms with Crippen LogP contribution in [0, 0.1) is 11.3 Å². The van der Waals surface area contributed by atoms with Crippen LogP contribution in [0.5, 0.6) is 5.75 Å². The molecule has 8 heteroatoms. The van der Waals surface area contributed by atoms with Crippen molar-refractivity contribution in [3.8, 4) is 11.8 Å². The molecule has 3 aromatic carbocycles. The maximum Gasteiger partial charge on any atom is 0.244 e. The Hall–Kier alpha value is -4.84. The SMILES string of the molecule is COc1ccc(/C=C/C(=O)NC[C@H]2c3[nH]c4ccccc4c3C[C@H]3[C@H]4c5[nH]c6ccccc6c5C[C@@H]([C@H](C#N)N23)N4C)cc1. The van der Waals surface area contributed by atoms with Gasteiger partial charge in [-0.05, 0) is 66.9 Å². The molecule has 1 fully saturated rings. The summed E-state index contributed by atoms with van der Waals surface area (Å²) >= 11 is 0. The smallest absolute Gasteiger partial charge is 0.244 e. The van der Waals surface area contributed by atoms with Crippen molar-refractivity contribution in [3.63, 3.8) is 0 Å². The van der Waals surface area contributed by atoms with Crippen LogP contribution in [0.3, 0.4) is 0 Å². The van der Waals surface area contributed by atoms with Crippen molar-refractivity contribution < 1.29 is 9.53 Å². The van der Waals surface area contributed by atoms with Crippen LogP contribution >= 0.6 is 0 Å². The maximum absolute atomic E-state index is 13.2. The Morgan fingerprint density at radius 3 is 2.27 bits per heavy atom. The number of rotatable bonds is 5. The molecule has 3 aliphatic heterocycles. The van der Waals surface area contributed by atoms with Gasteiger partial charge >= 0.3 is 0 Å². The summed E-state index contributed by atoms with van der Waals surface area (Å²) in [5.74, 6) is 0.609. The number of aromatic amines is 2. The third-order valence-corrected chi connectivity index (χ3v) is 10.0. The average molecular weight is 583 g/mol. The van der Waals surface area contributed by atoms with E-state index in [1.165, 1.54) is 27.6 Å². The number of H-pyrrole nitrogens is 2. The van der Waals surface area contributed by atoms with Crippen molar-refractivity contribution in [2.75, 3.05) is 20.7 Å². The molecule has 0 unspecified atom stereocenters. The van der Waals surface area contributed by atoms with Crippen LogP contribution in [0.2, 0.25) is 0 Å². The van der Waals surface area contributed by atoms with Gasteiger partial charge in [-0.1, -0.05) is 48.5 Å². The van der Waals surface area contributed by atoms with Gasteiger partial charge in [-0.2, -0.15) is 5.26 Å². The van der Waals surface area contributed by atoms with Gasteiger partial charge in [0.1, 0.15) is 11.8 Å². The highest BCUT2D eigenvalue weighted by Crippen LogP contribution is 2.51. The molecule has 8 nitrogen and oxygen atoms in total. The van der Waals surface area contributed by atoms with Crippen molar-refractivity contribution in [2.24, 2.45) is 0 Å². The lowest BCUT2D eigenvalue weighted by Gasteiger charge is -2.58. The second-order valence-electron chi connectivity index (χ2n) is 12.2. The molecule has 3 aliphatic rings. The number of methoxy groups -OCH3 is 1. The molecular weight excluding hydrogens is 548 g/mol. The Morgan fingerprint density at radius 2 is 1.59 bits per heavy atom. The fourth-order valence-corrected chi connectivity index (χ4v) is 8.05. The van der Waals surface area contributed by atoms with E-state index < -0.39 is 0 Å². The molecular formula is C36H34N6O2. The summed E-state index contributed by atoms with van der Waals surface area (Å²) in [6.45, 7) is 0.392. The predicted molar refractivity (Wildman–Crippen MR) is 171 cm³/mol. The van der Waals surface area contributed by atoms with Crippen LogP contribution in [0.15, 0.2) is 78.9 Å². The number of benzene rings is 3. The topological polar surface area (TPSA) is 100 Å². The van der Waals surface area contributed by atoms with Crippen LogP contribution in [-0.4, -0.2) is 64.5 Å². The first-order valence-electron chi connectivity index (χ1n) is 15.2. The van der Waals surface area contributed by atoms with E-state index in [0.29, 0.717) is 6.54 Å². The van der Waals surface area contributed by atoms with E-state index in [0.717, 1.165) is 40.9 Å². The van der Waals surface area contributed by atoms with Gasteiger partial charge in [-0.25, -0.2) is 0 Å². The molecule has 5 aromatic rings. The van der Waals surface area contributed by atoms with Gasteiger partial charge in [0.05, 0.1) is 25.3 Å². The number of para-hydroxylation sites is 2. The number of nitrogens with zero attached hydrogens (tertiary/aromatic N) is 3. The number of fused-ring (bicyclic) bond motifs is 11. The Balaban J connectivity index is 1.18. The predicted octanol–water partition coefficient (Wildman–Crippen LogP) is 5.26. The number of aromatic nitrogens is 2. The van der Waals surface area contributed by atoms with Gasteiger partial charge in [-0.15, -0.1) is 0 Å². The molecule has 220 valence electrons. The van der Waals surface area contributed by atoms with E-state index in [2.05, 4.69) is 80.7 Å². The zero-order valence-electron chi connectivity index (χ0n) is 24.7. The van der Waals surface area contributed by atoms with Crippen molar-refractivity contribution in [3.05, 3.63) is 107 Å². The minimum absolute atomic E-state index is 0.0343. The van der Waals surface area contributed by atoms with Crippen LogP contribution in [-0.2, 0) is 17.6 Å². The fraction of sp³-hybridized carbons (Fsp3) is 0.278. The van der Waals surface area contributed by atoms with E-state index in [4.69, 9.17) is 4.74 Å². The first kappa shape index (κ1) is 26.8. The van der Waals surface area contributed by atoms with Gasteiger partial charge < -0.3 is 20.0 Å². The monoisotopic (exact) mass is 582 g/mol. The average Bonchev–Trinajstić information content (AvgIpc) is 3.61. The number of ether oxygens (including phenoxy) is 1. The highest BCUT2D eigenvalue weighted by Gasteiger charge is 2.55. The Morgan fingerprint density at radius 1 is 0.955 bits per heavy atom. The summed E-state index contributed by atoms with van der Waals surface area (Å²) in [4.78, 5) is 25.5. The van der Waals surface area contributed by atoms with Crippen molar-refractivity contribution in [1.82, 2.24) is 25.1 Å². The second-order valence-corrected chi connectivity index (χ2v) is 12.2. The van der Waals surface area contributed by atoms with E-state index in [9.17, 15) is 10.1 Å². The van der Waals surface area contributed by atoms with E-state index in [-0.39, 0.29) is 36.1 Å². The number of amides is 1.